The van der Waals surface area contributed by atoms with Gasteiger partial charge in [-0.3, -0.25) is 4.79 Å². The summed E-state index contributed by atoms with van der Waals surface area (Å²) in [7, 11) is 1.27. The Morgan fingerprint density at radius 1 is 1.23 bits per heavy atom. The van der Waals surface area contributed by atoms with Gasteiger partial charge < -0.3 is 14.2 Å². The van der Waals surface area contributed by atoms with Crippen molar-refractivity contribution in [2.75, 3.05) is 7.11 Å². The van der Waals surface area contributed by atoms with E-state index in [0.29, 0.717) is 5.56 Å². The fraction of sp³-hybridized carbons (Fsp3) is 0.312. The van der Waals surface area contributed by atoms with Gasteiger partial charge in [-0.15, -0.1) is 0 Å². The number of hydrogen-bond acceptors (Lipinski definition) is 6. The molecule has 1 aromatic rings. The van der Waals surface area contributed by atoms with E-state index in [1.165, 1.54) is 21.0 Å². The molecule has 0 N–H and O–H groups in total. The standard InChI is InChI=1S/C16H18O6/c1-10(2)15(18)21-11(3)16(19)22-13-8-6-5-7-12(13)9-14(17)20-4/h5-8,11H,1,9H2,2-4H3. The normalized spacial score (nSPS) is 11.2. The summed E-state index contributed by atoms with van der Waals surface area (Å²) in [5, 5.41) is 0. The number of carbonyl (C=O) groups excluding carboxylic acids is 3. The summed E-state index contributed by atoms with van der Waals surface area (Å²) in [6.07, 6.45) is -1.12. The molecule has 118 valence electrons. The Hall–Kier alpha value is -2.63. The average Bonchev–Trinajstić information content (AvgIpc) is 2.48. The Bertz CT molecular complexity index is 590. The second-order valence-corrected chi connectivity index (χ2v) is 4.61. The first-order valence-corrected chi connectivity index (χ1v) is 6.58. The van der Waals surface area contributed by atoms with E-state index in [9.17, 15) is 14.4 Å². The van der Waals surface area contributed by atoms with Crippen LogP contribution < -0.4 is 4.74 Å². The van der Waals surface area contributed by atoms with Gasteiger partial charge in [0.25, 0.3) is 0 Å². The van der Waals surface area contributed by atoms with E-state index >= 15 is 0 Å². The molecule has 0 radical (unpaired) electrons. The maximum atomic E-state index is 11.9. The molecule has 0 aliphatic carbocycles. The van der Waals surface area contributed by atoms with E-state index in [2.05, 4.69) is 11.3 Å². The number of esters is 3. The third-order valence-electron chi connectivity index (χ3n) is 2.71. The van der Waals surface area contributed by atoms with E-state index < -0.39 is 24.0 Å². The number of carbonyl (C=O) groups is 3. The Morgan fingerprint density at radius 3 is 2.45 bits per heavy atom. The van der Waals surface area contributed by atoms with Gasteiger partial charge in [0, 0.05) is 11.1 Å². The van der Waals surface area contributed by atoms with E-state index in [4.69, 9.17) is 9.47 Å². The van der Waals surface area contributed by atoms with Gasteiger partial charge in [-0.2, -0.15) is 0 Å². The molecular weight excluding hydrogens is 288 g/mol. The number of rotatable bonds is 6. The van der Waals surface area contributed by atoms with Crippen LogP contribution in [0.25, 0.3) is 0 Å². The molecule has 1 aromatic carbocycles. The van der Waals surface area contributed by atoms with Crippen molar-refractivity contribution in [1.82, 2.24) is 0 Å². The van der Waals surface area contributed by atoms with Gasteiger partial charge in [0.1, 0.15) is 5.75 Å². The predicted molar refractivity (Wildman–Crippen MR) is 78.2 cm³/mol. The van der Waals surface area contributed by atoms with Crippen molar-refractivity contribution in [3.8, 4) is 5.75 Å². The van der Waals surface area contributed by atoms with Crippen molar-refractivity contribution in [2.24, 2.45) is 0 Å². The Labute approximate surface area is 128 Å². The van der Waals surface area contributed by atoms with Gasteiger partial charge in [-0.1, -0.05) is 24.8 Å². The molecular formula is C16H18O6. The molecule has 6 heteroatoms. The van der Waals surface area contributed by atoms with Crippen LogP contribution in [0.1, 0.15) is 19.4 Å². The Balaban J connectivity index is 2.77. The highest BCUT2D eigenvalue weighted by Crippen LogP contribution is 2.20. The molecule has 1 unspecified atom stereocenters. The number of methoxy groups -OCH3 is 1. The molecule has 0 saturated carbocycles. The molecule has 0 bridgehead atoms. The van der Waals surface area contributed by atoms with Gasteiger partial charge in [0.05, 0.1) is 13.5 Å². The quantitative estimate of drug-likeness (QED) is 0.453. The largest absolute Gasteiger partial charge is 0.469 e. The molecule has 0 spiro atoms. The first-order valence-electron chi connectivity index (χ1n) is 6.58. The van der Waals surface area contributed by atoms with Crippen molar-refractivity contribution in [3.05, 3.63) is 42.0 Å². The molecule has 22 heavy (non-hydrogen) atoms. The SMILES string of the molecule is C=C(C)C(=O)OC(C)C(=O)Oc1ccccc1CC(=O)OC. The minimum atomic E-state index is -1.09. The first-order chi connectivity index (χ1) is 10.3. The van der Waals surface area contributed by atoms with Crippen LogP contribution in [0.15, 0.2) is 36.4 Å². The molecule has 0 saturated heterocycles. The Kier molecular flexibility index (Phi) is 6.31. The summed E-state index contributed by atoms with van der Waals surface area (Å²) in [6, 6.07) is 6.56. The summed E-state index contributed by atoms with van der Waals surface area (Å²) in [5.41, 5.74) is 0.687. The zero-order valence-corrected chi connectivity index (χ0v) is 12.8. The van der Waals surface area contributed by atoms with Crippen molar-refractivity contribution in [2.45, 2.75) is 26.4 Å². The highest BCUT2D eigenvalue weighted by Gasteiger charge is 2.21. The first kappa shape index (κ1) is 17.4. The van der Waals surface area contributed by atoms with Gasteiger partial charge in [0.15, 0.2) is 6.10 Å². The van der Waals surface area contributed by atoms with Gasteiger partial charge in [0.2, 0.25) is 0 Å². The fourth-order valence-corrected chi connectivity index (χ4v) is 1.48. The van der Waals surface area contributed by atoms with Gasteiger partial charge in [-0.25, -0.2) is 9.59 Å². The fourth-order valence-electron chi connectivity index (χ4n) is 1.48. The minimum absolute atomic E-state index is 0.0279. The number of ether oxygens (including phenoxy) is 3. The van der Waals surface area contributed by atoms with Crippen LogP contribution >= 0.6 is 0 Å². The summed E-state index contributed by atoms with van der Waals surface area (Å²) in [4.78, 5) is 34.6. The summed E-state index contributed by atoms with van der Waals surface area (Å²) >= 11 is 0. The van der Waals surface area contributed by atoms with Crippen LogP contribution in [0.4, 0.5) is 0 Å². The maximum absolute atomic E-state index is 11.9. The number of benzene rings is 1. The third kappa shape index (κ3) is 5.05. The van der Waals surface area contributed by atoms with Gasteiger partial charge in [-0.05, 0) is 19.9 Å². The summed E-state index contributed by atoms with van der Waals surface area (Å²) in [6.45, 7) is 6.30. The lowest BCUT2D eigenvalue weighted by atomic mass is 10.1. The summed E-state index contributed by atoms with van der Waals surface area (Å²) in [5.74, 6) is -1.65. The van der Waals surface area contributed by atoms with E-state index in [-0.39, 0.29) is 17.7 Å². The second kappa shape index (κ2) is 7.97. The highest BCUT2D eigenvalue weighted by atomic mass is 16.6. The van der Waals surface area contributed by atoms with Crippen molar-refractivity contribution in [3.63, 3.8) is 0 Å². The van der Waals surface area contributed by atoms with E-state index in [1.807, 2.05) is 0 Å². The molecule has 0 amide bonds. The van der Waals surface area contributed by atoms with Gasteiger partial charge >= 0.3 is 17.9 Å². The topological polar surface area (TPSA) is 78.9 Å². The lowest BCUT2D eigenvalue weighted by molar-refractivity contribution is -0.158. The molecule has 0 aliphatic rings. The Morgan fingerprint density at radius 2 is 1.86 bits per heavy atom. The molecule has 6 nitrogen and oxygen atoms in total. The average molecular weight is 306 g/mol. The highest BCUT2D eigenvalue weighted by molar-refractivity contribution is 5.89. The second-order valence-electron chi connectivity index (χ2n) is 4.61. The summed E-state index contributed by atoms with van der Waals surface area (Å²) < 4.78 is 14.6. The van der Waals surface area contributed by atoms with Crippen LogP contribution in [0, 0.1) is 0 Å². The predicted octanol–water partition coefficient (Wildman–Crippen LogP) is 1.82. The van der Waals surface area contributed by atoms with Crippen molar-refractivity contribution < 1.29 is 28.6 Å². The van der Waals surface area contributed by atoms with Crippen molar-refractivity contribution in [1.29, 1.82) is 0 Å². The third-order valence-corrected chi connectivity index (χ3v) is 2.71. The molecule has 0 aromatic heterocycles. The lowest BCUT2D eigenvalue weighted by Crippen LogP contribution is -2.29. The van der Waals surface area contributed by atoms with Crippen LogP contribution in [0.5, 0.6) is 5.75 Å². The molecule has 1 atom stereocenters. The van der Waals surface area contributed by atoms with E-state index in [1.54, 1.807) is 24.3 Å². The number of hydrogen-bond donors (Lipinski definition) is 0. The van der Waals surface area contributed by atoms with E-state index in [0.717, 1.165) is 0 Å². The zero-order chi connectivity index (χ0) is 16.7. The van der Waals surface area contributed by atoms with Crippen LogP contribution in [-0.2, 0) is 30.3 Å². The van der Waals surface area contributed by atoms with Crippen LogP contribution in [0.3, 0.4) is 0 Å². The molecule has 0 fully saturated rings. The van der Waals surface area contributed by atoms with Crippen LogP contribution in [0.2, 0.25) is 0 Å². The zero-order valence-electron chi connectivity index (χ0n) is 12.8. The minimum Gasteiger partial charge on any atom is -0.469 e. The molecule has 1 rings (SSSR count). The monoisotopic (exact) mass is 306 g/mol. The molecule has 0 heterocycles. The maximum Gasteiger partial charge on any atom is 0.352 e. The smallest absolute Gasteiger partial charge is 0.352 e. The molecule has 0 aliphatic heterocycles. The van der Waals surface area contributed by atoms with Crippen LogP contribution in [-0.4, -0.2) is 31.1 Å². The van der Waals surface area contributed by atoms with Crippen molar-refractivity contribution >= 4 is 17.9 Å². The lowest BCUT2D eigenvalue weighted by Gasteiger charge is -2.14. The number of para-hydroxylation sites is 1.